The van der Waals surface area contributed by atoms with Crippen molar-refractivity contribution in [3.63, 3.8) is 0 Å². The minimum Gasteiger partial charge on any atom is -0.489 e. The highest BCUT2D eigenvalue weighted by molar-refractivity contribution is 6.31. The van der Waals surface area contributed by atoms with Crippen LogP contribution in [0.15, 0.2) is 77.4 Å². The van der Waals surface area contributed by atoms with Crippen LogP contribution < -0.4 is 4.74 Å². The first kappa shape index (κ1) is 19.9. The smallest absolute Gasteiger partial charge is 0.363 e. The molecule has 0 unspecified atom stereocenters. The molecule has 0 aliphatic carbocycles. The van der Waals surface area contributed by atoms with E-state index < -0.39 is 5.97 Å². The van der Waals surface area contributed by atoms with Crippen molar-refractivity contribution in [3.05, 3.63) is 105 Å². The van der Waals surface area contributed by atoms with E-state index in [4.69, 9.17) is 21.1 Å². The SMILES string of the molecule is Cc1ccc(C2=N/C(=C/c3ccc(OCc4ccccc4C)cc3)C(=O)O2)cc1Cl. The molecule has 0 spiro atoms. The zero-order valence-corrected chi connectivity index (χ0v) is 17.4. The number of halogens is 1. The van der Waals surface area contributed by atoms with Crippen LogP contribution >= 0.6 is 11.6 Å². The number of ether oxygens (including phenoxy) is 2. The summed E-state index contributed by atoms with van der Waals surface area (Å²) in [6, 6.07) is 21.1. The Morgan fingerprint density at radius 2 is 1.77 bits per heavy atom. The number of hydrogen-bond donors (Lipinski definition) is 0. The summed E-state index contributed by atoms with van der Waals surface area (Å²) >= 11 is 6.16. The minimum absolute atomic E-state index is 0.246. The highest BCUT2D eigenvalue weighted by atomic mass is 35.5. The lowest BCUT2D eigenvalue weighted by Gasteiger charge is -2.08. The third kappa shape index (κ3) is 4.44. The van der Waals surface area contributed by atoms with Gasteiger partial charge in [-0.1, -0.05) is 54.1 Å². The molecule has 0 amide bonds. The maximum Gasteiger partial charge on any atom is 0.363 e. The van der Waals surface area contributed by atoms with E-state index in [-0.39, 0.29) is 11.6 Å². The Bertz CT molecular complexity index is 1160. The predicted octanol–water partition coefficient (Wildman–Crippen LogP) is 5.88. The second kappa shape index (κ2) is 8.56. The van der Waals surface area contributed by atoms with E-state index in [1.54, 1.807) is 12.1 Å². The fourth-order valence-electron chi connectivity index (χ4n) is 3.01. The van der Waals surface area contributed by atoms with Crippen molar-refractivity contribution < 1.29 is 14.3 Å². The topological polar surface area (TPSA) is 47.9 Å². The summed E-state index contributed by atoms with van der Waals surface area (Å²) < 4.78 is 11.2. The molecule has 3 aromatic carbocycles. The largest absolute Gasteiger partial charge is 0.489 e. The maximum atomic E-state index is 12.2. The molecule has 0 N–H and O–H groups in total. The number of carbonyl (C=O) groups excluding carboxylic acids is 1. The summed E-state index contributed by atoms with van der Waals surface area (Å²) in [4.78, 5) is 16.5. The van der Waals surface area contributed by atoms with Gasteiger partial charge >= 0.3 is 5.97 Å². The van der Waals surface area contributed by atoms with Crippen molar-refractivity contribution in [2.75, 3.05) is 0 Å². The second-order valence-corrected chi connectivity index (χ2v) is 7.49. The van der Waals surface area contributed by atoms with Gasteiger partial charge in [-0.2, -0.15) is 0 Å². The van der Waals surface area contributed by atoms with Crippen LogP contribution in [-0.2, 0) is 16.1 Å². The van der Waals surface area contributed by atoms with Crippen molar-refractivity contribution >= 4 is 29.5 Å². The lowest BCUT2D eigenvalue weighted by Crippen LogP contribution is -2.05. The predicted molar refractivity (Wildman–Crippen MR) is 119 cm³/mol. The first-order valence-electron chi connectivity index (χ1n) is 9.56. The molecule has 0 saturated heterocycles. The third-order valence-electron chi connectivity index (χ3n) is 4.88. The summed E-state index contributed by atoms with van der Waals surface area (Å²) in [5.41, 5.74) is 5.04. The molecule has 4 nitrogen and oxygen atoms in total. The lowest BCUT2D eigenvalue weighted by atomic mass is 10.1. The van der Waals surface area contributed by atoms with Crippen molar-refractivity contribution in [2.24, 2.45) is 4.99 Å². The molecule has 0 saturated carbocycles. The molecule has 4 rings (SSSR count). The minimum atomic E-state index is -0.485. The van der Waals surface area contributed by atoms with E-state index in [0.717, 1.165) is 22.4 Å². The van der Waals surface area contributed by atoms with Crippen LogP contribution in [0.25, 0.3) is 6.08 Å². The van der Waals surface area contributed by atoms with Gasteiger partial charge in [0.05, 0.1) is 0 Å². The molecule has 0 radical (unpaired) electrons. The molecular formula is C25H20ClNO3. The zero-order chi connectivity index (χ0) is 21.1. The number of aryl methyl sites for hydroxylation is 2. The van der Waals surface area contributed by atoms with E-state index >= 15 is 0 Å². The van der Waals surface area contributed by atoms with Crippen LogP contribution in [-0.4, -0.2) is 11.9 Å². The fourth-order valence-corrected chi connectivity index (χ4v) is 3.19. The van der Waals surface area contributed by atoms with Gasteiger partial charge < -0.3 is 9.47 Å². The van der Waals surface area contributed by atoms with Crippen molar-refractivity contribution in [2.45, 2.75) is 20.5 Å². The molecule has 1 heterocycles. The number of aliphatic imine (C=N–C) groups is 1. The maximum absolute atomic E-state index is 12.2. The Kier molecular flexibility index (Phi) is 5.68. The Morgan fingerprint density at radius 3 is 2.50 bits per heavy atom. The number of rotatable bonds is 5. The molecule has 0 aromatic heterocycles. The van der Waals surface area contributed by atoms with Crippen LogP contribution in [0.5, 0.6) is 5.75 Å². The van der Waals surface area contributed by atoms with Gasteiger partial charge in [0.1, 0.15) is 12.4 Å². The fraction of sp³-hybridized carbons (Fsp3) is 0.120. The summed E-state index contributed by atoms with van der Waals surface area (Å²) in [6.45, 7) is 4.48. The second-order valence-electron chi connectivity index (χ2n) is 7.08. The van der Waals surface area contributed by atoms with E-state index in [1.165, 1.54) is 5.56 Å². The van der Waals surface area contributed by atoms with Crippen molar-refractivity contribution in [1.29, 1.82) is 0 Å². The van der Waals surface area contributed by atoms with Gasteiger partial charge in [-0.3, -0.25) is 0 Å². The normalized spacial score (nSPS) is 14.6. The van der Waals surface area contributed by atoms with Gasteiger partial charge in [0.15, 0.2) is 5.70 Å². The molecular weight excluding hydrogens is 398 g/mol. The van der Waals surface area contributed by atoms with E-state index in [9.17, 15) is 4.79 Å². The molecule has 5 heteroatoms. The highest BCUT2D eigenvalue weighted by Gasteiger charge is 2.24. The molecule has 150 valence electrons. The lowest BCUT2D eigenvalue weighted by molar-refractivity contribution is -0.129. The van der Waals surface area contributed by atoms with Crippen molar-refractivity contribution in [1.82, 2.24) is 0 Å². The van der Waals surface area contributed by atoms with Crippen LogP contribution in [0.3, 0.4) is 0 Å². The number of benzene rings is 3. The van der Waals surface area contributed by atoms with Gasteiger partial charge in [-0.25, -0.2) is 9.79 Å². The standard InChI is InChI=1S/C25H20ClNO3/c1-16-5-3-4-6-20(16)15-29-21-11-8-18(9-12-21)13-23-25(28)30-24(27-23)19-10-7-17(2)22(26)14-19/h3-14H,15H2,1-2H3/b23-13+. The van der Waals surface area contributed by atoms with E-state index in [2.05, 4.69) is 24.0 Å². The number of cyclic esters (lactones) is 1. The molecule has 1 aliphatic heterocycles. The van der Waals surface area contributed by atoms with E-state index in [1.807, 2.05) is 55.5 Å². The monoisotopic (exact) mass is 417 g/mol. The van der Waals surface area contributed by atoms with E-state index in [0.29, 0.717) is 17.2 Å². The molecule has 1 aliphatic rings. The van der Waals surface area contributed by atoms with Crippen LogP contribution in [0.4, 0.5) is 0 Å². The number of esters is 1. The zero-order valence-electron chi connectivity index (χ0n) is 16.7. The van der Waals surface area contributed by atoms with Crippen LogP contribution in [0, 0.1) is 13.8 Å². The van der Waals surface area contributed by atoms with Crippen LogP contribution in [0.1, 0.15) is 27.8 Å². The quantitative estimate of drug-likeness (QED) is 0.384. The molecule has 30 heavy (non-hydrogen) atoms. The molecule has 0 atom stereocenters. The molecule has 0 bridgehead atoms. The summed E-state index contributed by atoms with van der Waals surface area (Å²) in [6.07, 6.45) is 1.69. The highest BCUT2D eigenvalue weighted by Crippen LogP contribution is 2.23. The first-order chi connectivity index (χ1) is 14.5. The first-order valence-corrected chi connectivity index (χ1v) is 9.94. The Labute approximate surface area is 180 Å². The molecule has 0 fully saturated rings. The average Bonchev–Trinajstić information content (AvgIpc) is 3.11. The van der Waals surface area contributed by atoms with Gasteiger partial charge in [0.2, 0.25) is 5.90 Å². The third-order valence-corrected chi connectivity index (χ3v) is 5.29. The number of nitrogens with zero attached hydrogens (tertiary/aromatic N) is 1. The summed E-state index contributed by atoms with van der Waals surface area (Å²) in [7, 11) is 0. The Morgan fingerprint density at radius 1 is 1.00 bits per heavy atom. The number of carbonyl (C=O) groups is 1. The number of hydrogen-bond acceptors (Lipinski definition) is 4. The van der Waals surface area contributed by atoms with Gasteiger partial charge in [0, 0.05) is 10.6 Å². The van der Waals surface area contributed by atoms with Crippen molar-refractivity contribution in [3.8, 4) is 5.75 Å². The Balaban J connectivity index is 1.47. The molecule has 3 aromatic rings. The summed E-state index contributed by atoms with van der Waals surface area (Å²) in [5.74, 6) is 0.529. The van der Waals surface area contributed by atoms with Gasteiger partial charge in [-0.05, 0) is 66.4 Å². The van der Waals surface area contributed by atoms with Gasteiger partial charge in [-0.15, -0.1) is 0 Å². The summed E-state index contributed by atoms with van der Waals surface area (Å²) in [5, 5.41) is 0.602. The van der Waals surface area contributed by atoms with Gasteiger partial charge in [0.25, 0.3) is 0 Å². The van der Waals surface area contributed by atoms with Crippen LogP contribution in [0.2, 0.25) is 5.02 Å². The average molecular weight is 418 g/mol. The Hall–Kier alpha value is -3.37.